The van der Waals surface area contributed by atoms with Crippen molar-refractivity contribution in [3.63, 3.8) is 0 Å². The van der Waals surface area contributed by atoms with Crippen molar-refractivity contribution < 1.29 is 4.84 Å². The van der Waals surface area contributed by atoms with Crippen molar-refractivity contribution in [1.82, 2.24) is 10.0 Å². The Balaban J connectivity index is 1.93. The van der Waals surface area contributed by atoms with Crippen LogP contribution in [-0.2, 0) is 0 Å². The average molecular weight is 383 g/mol. The molecule has 0 saturated carbocycles. The molecule has 0 bridgehead atoms. The van der Waals surface area contributed by atoms with Crippen molar-refractivity contribution in [2.75, 3.05) is 13.6 Å². The van der Waals surface area contributed by atoms with Gasteiger partial charge in [0.1, 0.15) is 5.75 Å². The topological polar surface area (TPSA) is 25.4 Å². The molecule has 1 heterocycles. The average Bonchev–Trinajstić information content (AvgIpc) is 2.60. The first-order valence-corrected chi connectivity index (χ1v) is 8.61. The van der Waals surface area contributed by atoms with Crippen LogP contribution in [0.25, 0.3) is 22.0 Å². The minimum absolute atomic E-state index is 0.745. The monoisotopic (exact) mass is 382 g/mol. The van der Waals surface area contributed by atoms with Crippen LogP contribution in [-0.4, -0.2) is 23.6 Å². The number of fused-ring (bicyclic) bond motifs is 1. The summed E-state index contributed by atoms with van der Waals surface area (Å²) in [6.07, 6.45) is 5.90. The van der Waals surface area contributed by atoms with Crippen LogP contribution in [0.1, 0.15) is 6.92 Å². The summed E-state index contributed by atoms with van der Waals surface area (Å²) in [6.45, 7) is 2.75. The van der Waals surface area contributed by atoms with Crippen LogP contribution in [0, 0.1) is 0 Å². The fraction of sp³-hybridized carbons (Fsp3) is 0.150. The van der Waals surface area contributed by atoms with E-state index in [2.05, 4.69) is 45.2 Å². The van der Waals surface area contributed by atoms with Crippen molar-refractivity contribution in [1.29, 1.82) is 0 Å². The number of hydrogen-bond acceptors (Lipinski definition) is 3. The van der Waals surface area contributed by atoms with Gasteiger partial charge in [0.05, 0.1) is 12.2 Å². The van der Waals surface area contributed by atoms with Gasteiger partial charge < -0.3 is 4.84 Å². The molecule has 1 aromatic heterocycles. The van der Waals surface area contributed by atoms with Gasteiger partial charge in [0, 0.05) is 28.7 Å². The maximum Gasteiger partial charge on any atom is 0.148 e. The van der Waals surface area contributed by atoms with Crippen LogP contribution in [0.5, 0.6) is 5.75 Å². The third-order valence-electron chi connectivity index (χ3n) is 3.71. The van der Waals surface area contributed by atoms with Gasteiger partial charge in [0.15, 0.2) is 0 Å². The molecule has 0 fully saturated rings. The van der Waals surface area contributed by atoms with E-state index in [0.717, 1.165) is 38.8 Å². The molecule has 0 aliphatic carbocycles. The van der Waals surface area contributed by atoms with Crippen LogP contribution in [0.15, 0.2) is 71.4 Å². The number of benzene rings is 2. The number of halogens is 1. The van der Waals surface area contributed by atoms with Gasteiger partial charge in [-0.25, -0.2) is 0 Å². The molecule has 0 saturated heterocycles. The zero-order valence-corrected chi connectivity index (χ0v) is 15.3. The Labute approximate surface area is 150 Å². The van der Waals surface area contributed by atoms with E-state index in [1.807, 2.05) is 56.6 Å². The highest BCUT2D eigenvalue weighted by Crippen LogP contribution is 2.30. The molecule has 24 heavy (non-hydrogen) atoms. The Morgan fingerprint density at radius 1 is 1.12 bits per heavy atom. The lowest BCUT2D eigenvalue weighted by molar-refractivity contribution is -0.0197. The number of rotatable bonds is 5. The third kappa shape index (κ3) is 3.83. The SMILES string of the molecule is CC=CCN(C)Oc1ccc2c(-c3ccc(Br)cc3)nccc2c1. The van der Waals surface area contributed by atoms with Crippen LogP contribution >= 0.6 is 15.9 Å². The highest BCUT2D eigenvalue weighted by molar-refractivity contribution is 9.10. The number of likely N-dealkylation sites (N-methyl/N-ethyl adjacent to an activating group) is 1. The molecule has 0 amide bonds. The number of hydrogen-bond donors (Lipinski definition) is 0. The smallest absolute Gasteiger partial charge is 0.148 e. The molecule has 0 unspecified atom stereocenters. The summed E-state index contributed by atoms with van der Waals surface area (Å²) in [4.78, 5) is 10.4. The van der Waals surface area contributed by atoms with Gasteiger partial charge in [0.25, 0.3) is 0 Å². The summed E-state index contributed by atoms with van der Waals surface area (Å²) < 4.78 is 1.06. The first-order chi connectivity index (χ1) is 11.7. The molecule has 2 aromatic carbocycles. The molecule has 0 aliphatic rings. The van der Waals surface area contributed by atoms with E-state index in [-0.39, 0.29) is 0 Å². The summed E-state index contributed by atoms with van der Waals surface area (Å²) in [5.74, 6) is 0.822. The fourth-order valence-corrected chi connectivity index (χ4v) is 2.79. The number of nitrogens with zero attached hydrogens (tertiary/aromatic N) is 2. The minimum Gasteiger partial charge on any atom is -0.406 e. The molecule has 3 aromatic rings. The number of allylic oxidation sites excluding steroid dienone is 1. The third-order valence-corrected chi connectivity index (χ3v) is 4.24. The van der Waals surface area contributed by atoms with Gasteiger partial charge in [-0.05, 0) is 48.7 Å². The molecule has 0 N–H and O–H groups in total. The Hall–Kier alpha value is -2.17. The maximum atomic E-state index is 5.84. The zero-order valence-electron chi connectivity index (χ0n) is 13.7. The first-order valence-electron chi connectivity index (χ1n) is 7.82. The van der Waals surface area contributed by atoms with E-state index in [4.69, 9.17) is 4.84 Å². The second kappa shape index (κ2) is 7.60. The van der Waals surface area contributed by atoms with E-state index < -0.39 is 0 Å². The van der Waals surface area contributed by atoms with Gasteiger partial charge in [-0.1, -0.05) is 40.2 Å². The maximum absolute atomic E-state index is 5.84. The van der Waals surface area contributed by atoms with Crippen LogP contribution in [0.2, 0.25) is 0 Å². The Morgan fingerprint density at radius 3 is 2.67 bits per heavy atom. The molecule has 0 radical (unpaired) electrons. The van der Waals surface area contributed by atoms with Crippen LogP contribution in [0.4, 0.5) is 0 Å². The molecular weight excluding hydrogens is 364 g/mol. The van der Waals surface area contributed by atoms with Crippen molar-refractivity contribution in [3.8, 4) is 17.0 Å². The second-order valence-electron chi connectivity index (χ2n) is 5.52. The number of hydroxylamine groups is 2. The van der Waals surface area contributed by atoms with E-state index in [0.29, 0.717) is 0 Å². The quantitative estimate of drug-likeness (QED) is 0.432. The lowest BCUT2D eigenvalue weighted by Gasteiger charge is -2.16. The highest BCUT2D eigenvalue weighted by atomic mass is 79.9. The highest BCUT2D eigenvalue weighted by Gasteiger charge is 2.07. The predicted molar refractivity (Wildman–Crippen MR) is 103 cm³/mol. The van der Waals surface area contributed by atoms with Gasteiger partial charge >= 0.3 is 0 Å². The van der Waals surface area contributed by atoms with Gasteiger partial charge in [-0.15, -0.1) is 5.06 Å². The molecule has 0 spiro atoms. The molecule has 4 heteroatoms. The molecule has 0 atom stereocenters. The lowest BCUT2D eigenvalue weighted by atomic mass is 10.0. The molecular formula is C20H19BrN2O. The normalized spacial score (nSPS) is 11.5. The van der Waals surface area contributed by atoms with Crippen molar-refractivity contribution in [2.45, 2.75) is 6.92 Å². The Bertz CT molecular complexity index is 859. The summed E-state index contributed by atoms with van der Waals surface area (Å²) in [7, 11) is 1.92. The van der Waals surface area contributed by atoms with Gasteiger partial charge in [-0.2, -0.15) is 0 Å². The number of pyridine rings is 1. The Morgan fingerprint density at radius 2 is 1.92 bits per heavy atom. The lowest BCUT2D eigenvalue weighted by Crippen LogP contribution is -2.22. The first kappa shape index (κ1) is 16.7. The Kier molecular flexibility index (Phi) is 5.28. The fourth-order valence-electron chi connectivity index (χ4n) is 2.52. The van der Waals surface area contributed by atoms with E-state index in [1.54, 1.807) is 5.06 Å². The van der Waals surface area contributed by atoms with Crippen molar-refractivity contribution >= 4 is 26.7 Å². The predicted octanol–water partition coefficient (Wildman–Crippen LogP) is 5.47. The summed E-state index contributed by atoms with van der Waals surface area (Å²) >= 11 is 3.47. The second-order valence-corrected chi connectivity index (χ2v) is 6.44. The molecule has 0 aliphatic heterocycles. The summed E-state index contributed by atoms with van der Waals surface area (Å²) in [6, 6.07) is 16.3. The van der Waals surface area contributed by atoms with E-state index in [9.17, 15) is 0 Å². The van der Waals surface area contributed by atoms with E-state index >= 15 is 0 Å². The van der Waals surface area contributed by atoms with Crippen LogP contribution < -0.4 is 4.84 Å². The van der Waals surface area contributed by atoms with Crippen LogP contribution in [0.3, 0.4) is 0 Å². The van der Waals surface area contributed by atoms with Gasteiger partial charge in [0.2, 0.25) is 0 Å². The zero-order chi connectivity index (χ0) is 16.9. The van der Waals surface area contributed by atoms with Crippen molar-refractivity contribution in [2.24, 2.45) is 0 Å². The largest absolute Gasteiger partial charge is 0.406 e. The summed E-state index contributed by atoms with van der Waals surface area (Å²) in [5, 5.41) is 4.03. The molecule has 122 valence electrons. The number of aromatic nitrogens is 1. The van der Waals surface area contributed by atoms with Gasteiger partial charge in [-0.3, -0.25) is 4.98 Å². The van der Waals surface area contributed by atoms with Crippen molar-refractivity contribution in [3.05, 3.63) is 71.4 Å². The molecule has 3 rings (SSSR count). The minimum atomic E-state index is 0.745. The standard InChI is InChI=1S/C20H19BrN2O/c1-3-4-13-23(2)24-18-9-10-19-16(14-18)11-12-22-20(19)15-5-7-17(21)8-6-15/h3-12,14H,13H2,1-2H3. The van der Waals surface area contributed by atoms with E-state index in [1.165, 1.54) is 0 Å². The summed E-state index contributed by atoms with van der Waals surface area (Å²) in [5.41, 5.74) is 2.08. The molecule has 3 nitrogen and oxygen atoms in total.